The number of anilines is 1. The summed E-state index contributed by atoms with van der Waals surface area (Å²) >= 11 is 0. The third-order valence-corrected chi connectivity index (χ3v) is 3.50. The minimum absolute atomic E-state index is 0.114. The average Bonchev–Trinajstić information content (AvgIpc) is 2.90. The van der Waals surface area contributed by atoms with Crippen LogP contribution in [-0.2, 0) is 4.79 Å². The molecule has 0 aliphatic heterocycles. The lowest BCUT2D eigenvalue weighted by atomic mass is 10.0. The maximum atomic E-state index is 10.5. The molecule has 0 atom stereocenters. The maximum Gasteiger partial charge on any atom is 0.305 e. The van der Waals surface area contributed by atoms with Crippen LogP contribution in [0.2, 0.25) is 0 Å². The van der Waals surface area contributed by atoms with Gasteiger partial charge in [-0.25, -0.2) is 0 Å². The lowest BCUT2D eigenvalue weighted by molar-refractivity contribution is -0.136. The zero-order valence-corrected chi connectivity index (χ0v) is 10.7. The van der Waals surface area contributed by atoms with Gasteiger partial charge in [0.1, 0.15) is 0 Å². The van der Waals surface area contributed by atoms with Crippen LogP contribution in [0.4, 0.5) is 5.82 Å². The van der Waals surface area contributed by atoms with Gasteiger partial charge in [-0.1, -0.05) is 12.8 Å². The second kappa shape index (κ2) is 5.80. The van der Waals surface area contributed by atoms with Gasteiger partial charge in [-0.2, -0.15) is 5.10 Å². The normalized spacial score (nSPS) is 15.8. The van der Waals surface area contributed by atoms with Crippen molar-refractivity contribution in [1.82, 2.24) is 10.2 Å². The number of hydrogen-bond acceptors (Lipinski definition) is 4. The number of hydrogen-bond donors (Lipinski definition) is 1. The molecule has 1 aliphatic carbocycles. The molecule has 1 aromatic heterocycles. The summed E-state index contributed by atoms with van der Waals surface area (Å²) in [7, 11) is 1.84. The van der Waals surface area contributed by atoms with Crippen LogP contribution in [0.15, 0.2) is 12.1 Å². The number of nitrogens with zero attached hydrogens (tertiary/aromatic N) is 3. The number of aromatic nitrogens is 2. The average molecular weight is 249 g/mol. The molecule has 5 nitrogen and oxygen atoms in total. The van der Waals surface area contributed by atoms with Gasteiger partial charge in [-0.15, -0.1) is 5.10 Å². The van der Waals surface area contributed by atoms with Crippen molar-refractivity contribution in [2.75, 3.05) is 18.5 Å². The summed E-state index contributed by atoms with van der Waals surface area (Å²) in [5.41, 5.74) is 1.07. The zero-order valence-electron chi connectivity index (χ0n) is 10.7. The van der Waals surface area contributed by atoms with E-state index in [0.29, 0.717) is 12.5 Å². The van der Waals surface area contributed by atoms with Crippen molar-refractivity contribution in [2.45, 2.75) is 38.0 Å². The molecule has 0 radical (unpaired) electrons. The van der Waals surface area contributed by atoms with Crippen molar-refractivity contribution in [3.63, 3.8) is 0 Å². The molecule has 5 heteroatoms. The van der Waals surface area contributed by atoms with Gasteiger partial charge in [0.2, 0.25) is 0 Å². The summed E-state index contributed by atoms with van der Waals surface area (Å²) in [5, 5.41) is 17.1. The first-order chi connectivity index (χ1) is 8.66. The summed E-state index contributed by atoms with van der Waals surface area (Å²) < 4.78 is 0. The molecule has 18 heavy (non-hydrogen) atoms. The number of aliphatic carboxylic acids is 1. The van der Waals surface area contributed by atoms with E-state index in [1.807, 2.05) is 24.1 Å². The van der Waals surface area contributed by atoms with E-state index in [1.54, 1.807) is 0 Å². The highest BCUT2D eigenvalue weighted by molar-refractivity contribution is 5.67. The second-order valence-corrected chi connectivity index (χ2v) is 4.86. The molecule has 2 rings (SSSR count). The van der Waals surface area contributed by atoms with Gasteiger partial charge in [0.05, 0.1) is 12.1 Å². The largest absolute Gasteiger partial charge is 0.481 e. The molecule has 1 heterocycles. The van der Waals surface area contributed by atoms with E-state index in [0.717, 1.165) is 11.5 Å². The number of carboxylic acid groups (broad SMARTS) is 1. The summed E-state index contributed by atoms with van der Waals surface area (Å²) in [5.74, 6) is 0.506. The minimum Gasteiger partial charge on any atom is -0.481 e. The SMILES string of the molecule is CN(CCC(=O)O)c1ccc(C2CCCC2)nn1. The van der Waals surface area contributed by atoms with Crippen LogP contribution in [0.25, 0.3) is 0 Å². The highest BCUT2D eigenvalue weighted by Crippen LogP contribution is 2.32. The van der Waals surface area contributed by atoms with E-state index >= 15 is 0 Å². The fourth-order valence-electron chi connectivity index (χ4n) is 2.36. The van der Waals surface area contributed by atoms with Crippen molar-refractivity contribution < 1.29 is 9.90 Å². The Bertz CT molecular complexity index is 399. The van der Waals surface area contributed by atoms with Crippen LogP contribution in [0.3, 0.4) is 0 Å². The first-order valence-corrected chi connectivity index (χ1v) is 6.43. The number of rotatable bonds is 5. The van der Waals surface area contributed by atoms with Gasteiger partial charge in [0, 0.05) is 19.5 Å². The molecule has 0 saturated heterocycles. The topological polar surface area (TPSA) is 66.3 Å². The molecule has 0 unspecified atom stereocenters. The van der Waals surface area contributed by atoms with Crippen molar-refractivity contribution in [1.29, 1.82) is 0 Å². The van der Waals surface area contributed by atoms with Crippen LogP contribution in [0, 0.1) is 0 Å². The van der Waals surface area contributed by atoms with E-state index in [4.69, 9.17) is 5.11 Å². The predicted octanol–water partition coefficient (Wildman–Crippen LogP) is 2.05. The molecule has 1 N–H and O–H groups in total. The highest BCUT2D eigenvalue weighted by atomic mass is 16.4. The van der Waals surface area contributed by atoms with Crippen molar-refractivity contribution >= 4 is 11.8 Å². The molecule has 0 bridgehead atoms. The standard InChI is InChI=1S/C13H19N3O2/c1-16(9-8-13(17)18)12-7-6-11(14-15-12)10-4-2-3-5-10/h6-7,10H,2-5,8-9H2,1H3,(H,17,18). The predicted molar refractivity (Wildman–Crippen MR) is 68.8 cm³/mol. The first kappa shape index (κ1) is 12.8. The van der Waals surface area contributed by atoms with E-state index in [9.17, 15) is 4.79 Å². The van der Waals surface area contributed by atoms with Crippen molar-refractivity contribution in [2.24, 2.45) is 0 Å². The second-order valence-electron chi connectivity index (χ2n) is 4.86. The quantitative estimate of drug-likeness (QED) is 0.865. The Kier molecular flexibility index (Phi) is 4.12. The van der Waals surface area contributed by atoms with Crippen LogP contribution in [0.5, 0.6) is 0 Å². The Balaban J connectivity index is 1.95. The summed E-state index contributed by atoms with van der Waals surface area (Å²) in [6, 6.07) is 3.96. The molecule has 98 valence electrons. The van der Waals surface area contributed by atoms with E-state index in [1.165, 1.54) is 25.7 Å². The van der Waals surface area contributed by atoms with Crippen LogP contribution < -0.4 is 4.90 Å². The molecule has 0 amide bonds. The van der Waals surface area contributed by atoms with Gasteiger partial charge in [-0.3, -0.25) is 4.79 Å². The molecule has 0 spiro atoms. The van der Waals surface area contributed by atoms with E-state index < -0.39 is 5.97 Å². The molecule has 1 fully saturated rings. The summed E-state index contributed by atoms with van der Waals surface area (Å²) in [6.45, 7) is 0.451. The molecule has 1 saturated carbocycles. The third kappa shape index (κ3) is 3.18. The highest BCUT2D eigenvalue weighted by Gasteiger charge is 2.18. The summed E-state index contributed by atoms with van der Waals surface area (Å²) in [6.07, 6.45) is 5.10. The maximum absolute atomic E-state index is 10.5. The van der Waals surface area contributed by atoms with Gasteiger partial charge < -0.3 is 10.0 Å². The fourth-order valence-corrected chi connectivity index (χ4v) is 2.36. The number of carboxylic acids is 1. The van der Waals surface area contributed by atoms with Gasteiger partial charge in [0.15, 0.2) is 5.82 Å². The van der Waals surface area contributed by atoms with Crippen molar-refractivity contribution in [3.05, 3.63) is 17.8 Å². The van der Waals surface area contributed by atoms with Gasteiger partial charge in [0.25, 0.3) is 0 Å². The van der Waals surface area contributed by atoms with Gasteiger partial charge in [-0.05, 0) is 25.0 Å². The Morgan fingerprint density at radius 2 is 2.11 bits per heavy atom. The van der Waals surface area contributed by atoms with Crippen LogP contribution in [0.1, 0.15) is 43.7 Å². The Morgan fingerprint density at radius 1 is 1.39 bits per heavy atom. The Labute approximate surface area is 107 Å². The third-order valence-electron chi connectivity index (χ3n) is 3.50. The van der Waals surface area contributed by atoms with Crippen LogP contribution >= 0.6 is 0 Å². The monoisotopic (exact) mass is 249 g/mol. The molecular weight excluding hydrogens is 230 g/mol. The number of carbonyl (C=O) groups is 1. The molecule has 0 aromatic carbocycles. The van der Waals surface area contributed by atoms with E-state index in [2.05, 4.69) is 10.2 Å². The molecule has 1 aliphatic rings. The van der Waals surface area contributed by atoms with Crippen molar-refractivity contribution in [3.8, 4) is 0 Å². The van der Waals surface area contributed by atoms with E-state index in [-0.39, 0.29) is 6.42 Å². The Hall–Kier alpha value is -1.65. The van der Waals surface area contributed by atoms with Crippen LogP contribution in [-0.4, -0.2) is 34.9 Å². The fraction of sp³-hybridized carbons (Fsp3) is 0.615. The first-order valence-electron chi connectivity index (χ1n) is 6.43. The smallest absolute Gasteiger partial charge is 0.305 e. The Morgan fingerprint density at radius 3 is 2.67 bits per heavy atom. The lowest BCUT2D eigenvalue weighted by Crippen LogP contribution is -2.22. The molecule has 1 aromatic rings. The lowest BCUT2D eigenvalue weighted by Gasteiger charge is -2.17. The van der Waals surface area contributed by atoms with Gasteiger partial charge >= 0.3 is 5.97 Å². The minimum atomic E-state index is -0.794. The summed E-state index contributed by atoms with van der Waals surface area (Å²) in [4.78, 5) is 12.3. The molecular formula is C13H19N3O2. The zero-order chi connectivity index (χ0) is 13.0.